The van der Waals surface area contributed by atoms with Crippen LogP contribution in [0.3, 0.4) is 0 Å². The van der Waals surface area contributed by atoms with Crippen LogP contribution in [0.15, 0.2) is 47.5 Å². The maximum atomic E-state index is 6.02. The van der Waals surface area contributed by atoms with Gasteiger partial charge in [-0.1, -0.05) is 18.2 Å². The largest absolute Gasteiger partial charge is 0.493 e. The molecule has 6 nitrogen and oxygen atoms in total. The van der Waals surface area contributed by atoms with Crippen LogP contribution in [0.2, 0.25) is 0 Å². The number of benzene rings is 2. The average molecular weight is 542 g/mol. The zero-order chi connectivity index (χ0) is 20.5. The molecule has 0 unspecified atom stereocenters. The van der Waals surface area contributed by atoms with Gasteiger partial charge in [0.05, 0.1) is 20.8 Å². The zero-order valence-electron chi connectivity index (χ0n) is 17.6. The Labute approximate surface area is 200 Å². The standard InChI is InChI=1S/C22H30N4O2S.HI/c1-27-20-8-5-17(15-21(20)28-2)9-10-24-22(23)25-16-18-3-6-19(7-4-18)26-11-13-29-14-12-26;/h3-8,15H,9-14,16H2,1-2H3,(H3,23,24,25);1H. The van der Waals surface area contributed by atoms with Gasteiger partial charge in [0.2, 0.25) is 0 Å². The highest BCUT2D eigenvalue weighted by Crippen LogP contribution is 2.27. The molecule has 2 aromatic rings. The number of anilines is 1. The predicted octanol–water partition coefficient (Wildman–Crippen LogP) is 3.52. The maximum Gasteiger partial charge on any atom is 0.188 e. The van der Waals surface area contributed by atoms with Crippen LogP contribution >= 0.6 is 35.7 Å². The number of aliphatic imine (C=N–C) groups is 1. The third kappa shape index (κ3) is 7.16. The minimum atomic E-state index is 0. The van der Waals surface area contributed by atoms with Gasteiger partial charge in [-0.25, -0.2) is 4.99 Å². The van der Waals surface area contributed by atoms with Crippen LogP contribution in [-0.2, 0) is 13.0 Å². The van der Waals surface area contributed by atoms with E-state index < -0.39 is 0 Å². The van der Waals surface area contributed by atoms with Crippen LogP contribution in [0.1, 0.15) is 11.1 Å². The summed E-state index contributed by atoms with van der Waals surface area (Å²) in [5, 5.41) is 3.18. The van der Waals surface area contributed by atoms with Crippen LogP contribution < -0.4 is 25.4 Å². The molecule has 0 spiro atoms. The summed E-state index contributed by atoms with van der Waals surface area (Å²) in [6.45, 7) is 3.53. The van der Waals surface area contributed by atoms with Crippen LogP contribution in [-0.4, -0.2) is 51.3 Å². The van der Waals surface area contributed by atoms with E-state index in [9.17, 15) is 0 Å². The minimum absolute atomic E-state index is 0. The minimum Gasteiger partial charge on any atom is -0.493 e. The van der Waals surface area contributed by atoms with Gasteiger partial charge in [-0.2, -0.15) is 11.8 Å². The number of methoxy groups -OCH3 is 2. The molecule has 0 atom stereocenters. The van der Waals surface area contributed by atoms with Gasteiger partial charge in [0.25, 0.3) is 0 Å². The topological polar surface area (TPSA) is 72.1 Å². The van der Waals surface area contributed by atoms with Crippen LogP contribution in [0.25, 0.3) is 0 Å². The van der Waals surface area contributed by atoms with E-state index in [-0.39, 0.29) is 24.0 Å². The molecule has 3 N–H and O–H groups in total. The van der Waals surface area contributed by atoms with E-state index >= 15 is 0 Å². The van der Waals surface area contributed by atoms with Gasteiger partial charge >= 0.3 is 0 Å². The third-order valence-electron chi connectivity index (χ3n) is 4.91. The normalized spacial score (nSPS) is 14.1. The molecule has 0 bridgehead atoms. The molecule has 8 heteroatoms. The van der Waals surface area contributed by atoms with Crippen molar-refractivity contribution >= 4 is 47.4 Å². The van der Waals surface area contributed by atoms with Gasteiger partial charge in [0.1, 0.15) is 0 Å². The second kappa shape index (κ2) is 12.8. The number of ether oxygens (including phenoxy) is 2. The Hall–Kier alpha value is -1.81. The van der Waals surface area contributed by atoms with Crippen molar-refractivity contribution in [3.63, 3.8) is 0 Å². The van der Waals surface area contributed by atoms with Crippen molar-refractivity contribution in [3.8, 4) is 11.5 Å². The Morgan fingerprint density at radius 2 is 1.70 bits per heavy atom. The van der Waals surface area contributed by atoms with E-state index in [4.69, 9.17) is 15.2 Å². The molecule has 2 aromatic carbocycles. The van der Waals surface area contributed by atoms with Crippen molar-refractivity contribution < 1.29 is 9.47 Å². The fraction of sp³-hybridized carbons (Fsp3) is 0.409. The molecule has 1 saturated heterocycles. The van der Waals surface area contributed by atoms with Crippen LogP contribution in [0.4, 0.5) is 5.69 Å². The molecular formula is C22H31IN4O2S. The summed E-state index contributed by atoms with van der Waals surface area (Å²) in [5.41, 5.74) is 9.61. The Morgan fingerprint density at radius 1 is 1.03 bits per heavy atom. The van der Waals surface area contributed by atoms with Crippen LogP contribution in [0, 0.1) is 0 Å². The van der Waals surface area contributed by atoms with Crippen molar-refractivity contribution in [1.29, 1.82) is 0 Å². The summed E-state index contributed by atoms with van der Waals surface area (Å²) in [7, 11) is 3.28. The fourth-order valence-electron chi connectivity index (χ4n) is 3.24. The lowest BCUT2D eigenvalue weighted by atomic mass is 10.1. The first-order valence-corrected chi connectivity index (χ1v) is 11.0. The molecule has 0 amide bonds. The van der Waals surface area contributed by atoms with Crippen molar-refractivity contribution in [3.05, 3.63) is 53.6 Å². The number of hydrogen-bond donors (Lipinski definition) is 2. The number of thioether (sulfide) groups is 1. The number of hydrogen-bond acceptors (Lipinski definition) is 5. The SMILES string of the molecule is COc1ccc(CCNC(N)=NCc2ccc(N3CCSCC3)cc2)cc1OC.I. The Balaban J connectivity index is 0.00000320. The van der Waals surface area contributed by atoms with E-state index in [0.29, 0.717) is 19.0 Å². The molecule has 30 heavy (non-hydrogen) atoms. The smallest absolute Gasteiger partial charge is 0.188 e. The van der Waals surface area contributed by atoms with Crippen LogP contribution in [0.5, 0.6) is 11.5 Å². The van der Waals surface area contributed by atoms with E-state index in [1.807, 2.05) is 30.0 Å². The van der Waals surface area contributed by atoms with E-state index in [1.165, 1.54) is 17.2 Å². The number of halogens is 1. The summed E-state index contributed by atoms with van der Waals surface area (Å²) < 4.78 is 10.6. The van der Waals surface area contributed by atoms with Crippen molar-refractivity contribution in [2.45, 2.75) is 13.0 Å². The molecule has 3 rings (SSSR count). The molecular weight excluding hydrogens is 511 g/mol. The van der Waals surface area contributed by atoms with E-state index in [1.54, 1.807) is 14.2 Å². The third-order valence-corrected chi connectivity index (χ3v) is 5.85. The first-order chi connectivity index (χ1) is 14.2. The van der Waals surface area contributed by atoms with Gasteiger partial charge in [0.15, 0.2) is 17.5 Å². The van der Waals surface area contributed by atoms with Gasteiger partial charge in [-0.15, -0.1) is 24.0 Å². The average Bonchev–Trinajstić information content (AvgIpc) is 2.78. The first-order valence-electron chi connectivity index (χ1n) is 9.86. The number of rotatable bonds is 8. The lowest BCUT2D eigenvalue weighted by Gasteiger charge is -2.28. The summed E-state index contributed by atoms with van der Waals surface area (Å²) in [6.07, 6.45) is 0.819. The number of nitrogens with two attached hydrogens (primary N) is 1. The fourth-order valence-corrected chi connectivity index (χ4v) is 4.14. The first kappa shape index (κ1) is 24.5. The zero-order valence-corrected chi connectivity index (χ0v) is 20.7. The number of nitrogens with one attached hydrogen (secondary N) is 1. The monoisotopic (exact) mass is 542 g/mol. The summed E-state index contributed by atoms with van der Waals surface area (Å²) in [6, 6.07) is 14.6. The Morgan fingerprint density at radius 3 is 2.37 bits per heavy atom. The lowest BCUT2D eigenvalue weighted by Crippen LogP contribution is -2.33. The van der Waals surface area contributed by atoms with E-state index in [0.717, 1.165) is 42.1 Å². The molecule has 1 aliphatic rings. The van der Waals surface area contributed by atoms with Crippen molar-refractivity contribution in [2.75, 3.05) is 50.3 Å². The molecule has 0 saturated carbocycles. The predicted molar refractivity (Wildman–Crippen MR) is 138 cm³/mol. The highest BCUT2D eigenvalue weighted by Gasteiger charge is 2.10. The van der Waals surface area contributed by atoms with Crippen molar-refractivity contribution in [1.82, 2.24) is 5.32 Å². The lowest BCUT2D eigenvalue weighted by molar-refractivity contribution is 0.354. The summed E-state index contributed by atoms with van der Waals surface area (Å²) in [5.74, 6) is 4.34. The number of guanidine groups is 1. The molecule has 1 heterocycles. The number of nitrogens with zero attached hydrogens (tertiary/aromatic N) is 2. The molecule has 1 aliphatic heterocycles. The Bertz CT molecular complexity index is 811. The summed E-state index contributed by atoms with van der Waals surface area (Å²) in [4.78, 5) is 6.89. The quantitative estimate of drug-likeness (QED) is 0.302. The second-order valence-corrected chi connectivity index (χ2v) is 8.06. The van der Waals surface area contributed by atoms with Gasteiger partial charge in [0, 0.05) is 36.8 Å². The molecule has 0 aromatic heterocycles. The molecule has 1 fully saturated rings. The molecule has 164 valence electrons. The highest BCUT2D eigenvalue weighted by molar-refractivity contribution is 14.0. The molecule has 0 aliphatic carbocycles. The second-order valence-electron chi connectivity index (χ2n) is 6.83. The van der Waals surface area contributed by atoms with E-state index in [2.05, 4.69) is 39.5 Å². The molecule has 0 radical (unpaired) electrons. The Kier molecular flexibility index (Phi) is 10.4. The van der Waals surface area contributed by atoms with Gasteiger partial charge < -0.3 is 25.4 Å². The van der Waals surface area contributed by atoms with Gasteiger partial charge in [-0.3, -0.25) is 0 Å². The summed E-state index contributed by atoms with van der Waals surface area (Å²) >= 11 is 2.02. The maximum absolute atomic E-state index is 6.02. The highest BCUT2D eigenvalue weighted by atomic mass is 127. The van der Waals surface area contributed by atoms with Crippen molar-refractivity contribution in [2.24, 2.45) is 10.7 Å². The van der Waals surface area contributed by atoms with Gasteiger partial charge in [-0.05, 0) is 41.8 Å².